The molecule has 2 aromatic rings. The van der Waals surface area contributed by atoms with Crippen LogP contribution in [0.1, 0.15) is 19.4 Å². The lowest BCUT2D eigenvalue weighted by Gasteiger charge is -2.18. The summed E-state index contributed by atoms with van der Waals surface area (Å²) in [6.45, 7) is 2.50. The summed E-state index contributed by atoms with van der Waals surface area (Å²) in [6, 6.07) is 4.14. The van der Waals surface area contributed by atoms with Gasteiger partial charge in [-0.3, -0.25) is 4.79 Å². The fourth-order valence-electron chi connectivity index (χ4n) is 3.96. The smallest absolute Gasteiger partial charge is 0.251 e. The predicted molar refractivity (Wildman–Crippen MR) is 130 cm³/mol. The number of carbonyl (C=O) groups excluding carboxylic acids is 1. The molecule has 1 amide bonds. The first-order valence-corrected chi connectivity index (χ1v) is 11.4. The molecule has 4 rings (SSSR count). The fourth-order valence-corrected chi connectivity index (χ4v) is 3.96. The van der Waals surface area contributed by atoms with E-state index in [1.807, 2.05) is 0 Å². The zero-order chi connectivity index (χ0) is 27.7. The second-order valence-electron chi connectivity index (χ2n) is 8.65. The van der Waals surface area contributed by atoms with Crippen LogP contribution >= 0.6 is 0 Å². The minimum atomic E-state index is -1.42. The SMILES string of the molecule is C/C(=C\c1ccc(O[C@@H]2O[C@H](/C(C)=C/CO)[C@@H](O)[C@@H]2O)c(O)c1)C(=O)Nc1c(O)c(O)c2c(c1O)OCO2. The number of aliphatic hydroxyl groups is 3. The highest BCUT2D eigenvalue weighted by molar-refractivity contribution is 6.08. The Morgan fingerprint density at radius 1 is 1.05 bits per heavy atom. The molecule has 0 bridgehead atoms. The number of hydrogen-bond acceptors (Lipinski definition) is 12. The van der Waals surface area contributed by atoms with Gasteiger partial charge < -0.3 is 60.0 Å². The van der Waals surface area contributed by atoms with Crippen molar-refractivity contribution in [3.8, 4) is 40.2 Å². The molecule has 2 heterocycles. The Morgan fingerprint density at radius 3 is 2.39 bits per heavy atom. The van der Waals surface area contributed by atoms with E-state index >= 15 is 0 Å². The van der Waals surface area contributed by atoms with E-state index in [-0.39, 0.29) is 42.0 Å². The molecule has 0 spiro atoms. The summed E-state index contributed by atoms with van der Waals surface area (Å²) in [5, 5.41) is 72.8. The van der Waals surface area contributed by atoms with Crippen LogP contribution in [0.15, 0.2) is 35.4 Å². The quantitative estimate of drug-likeness (QED) is 0.109. The van der Waals surface area contributed by atoms with Gasteiger partial charge in [0, 0.05) is 5.57 Å². The van der Waals surface area contributed by atoms with Crippen LogP contribution in [0.25, 0.3) is 6.08 Å². The van der Waals surface area contributed by atoms with Gasteiger partial charge in [0.25, 0.3) is 5.91 Å². The average molecular weight is 533 g/mol. The number of aromatic hydroxyl groups is 4. The van der Waals surface area contributed by atoms with Gasteiger partial charge in [0.05, 0.1) is 6.61 Å². The Balaban J connectivity index is 1.47. The van der Waals surface area contributed by atoms with Crippen LogP contribution in [0, 0.1) is 0 Å². The molecule has 0 aromatic heterocycles. The van der Waals surface area contributed by atoms with E-state index in [1.165, 1.54) is 37.3 Å². The summed E-state index contributed by atoms with van der Waals surface area (Å²) in [6.07, 6.45) is -2.11. The monoisotopic (exact) mass is 533 g/mol. The third-order valence-corrected chi connectivity index (χ3v) is 6.03. The number of fused-ring (bicyclic) bond motifs is 1. The first-order chi connectivity index (χ1) is 18.0. The van der Waals surface area contributed by atoms with E-state index in [9.17, 15) is 35.4 Å². The Kier molecular flexibility index (Phi) is 7.55. The number of anilines is 1. The Bertz CT molecular complexity index is 1300. The number of nitrogens with one attached hydrogen (secondary N) is 1. The molecule has 38 heavy (non-hydrogen) atoms. The van der Waals surface area contributed by atoms with E-state index in [4.69, 9.17) is 24.1 Å². The van der Waals surface area contributed by atoms with Gasteiger partial charge in [-0.2, -0.15) is 0 Å². The molecule has 0 unspecified atom stereocenters. The van der Waals surface area contributed by atoms with Crippen molar-refractivity contribution in [3.05, 3.63) is 41.0 Å². The van der Waals surface area contributed by atoms with Gasteiger partial charge in [0.2, 0.25) is 30.3 Å². The zero-order valence-electron chi connectivity index (χ0n) is 20.3. The summed E-state index contributed by atoms with van der Waals surface area (Å²) in [7, 11) is 0. The molecular formula is C25H27NO12. The fraction of sp³-hybridized carbons (Fsp3) is 0.320. The van der Waals surface area contributed by atoms with Crippen molar-refractivity contribution in [2.75, 3.05) is 18.7 Å². The maximum Gasteiger partial charge on any atom is 0.251 e. The van der Waals surface area contributed by atoms with Gasteiger partial charge >= 0.3 is 0 Å². The van der Waals surface area contributed by atoms with Gasteiger partial charge in [-0.05, 0) is 43.2 Å². The van der Waals surface area contributed by atoms with Gasteiger partial charge in [-0.25, -0.2) is 0 Å². The highest BCUT2D eigenvalue weighted by Gasteiger charge is 2.45. The molecule has 2 aliphatic heterocycles. The van der Waals surface area contributed by atoms with Gasteiger partial charge in [0.15, 0.2) is 23.0 Å². The number of phenols is 4. The first kappa shape index (κ1) is 26.9. The molecule has 2 aliphatic rings. The van der Waals surface area contributed by atoms with Crippen molar-refractivity contribution in [1.82, 2.24) is 0 Å². The van der Waals surface area contributed by atoms with E-state index in [0.717, 1.165) is 0 Å². The number of ether oxygens (including phenoxy) is 4. The largest absolute Gasteiger partial charge is 0.504 e. The van der Waals surface area contributed by atoms with E-state index in [0.29, 0.717) is 11.1 Å². The zero-order valence-corrected chi connectivity index (χ0v) is 20.3. The molecule has 0 aliphatic carbocycles. The van der Waals surface area contributed by atoms with Crippen LogP contribution in [-0.4, -0.2) is 79.7 Å². The van der Waals surface area contributed by atoms with E-state index in [2.05, 4.69) is 5.32 Å². The Morgan fingerprint density at radius 2 is 1.74 bits per heavy atom. The average Bonchev–Trinajstić information content (AvgIpc) is 3.48. The standard InChI is InChI=1S/C25H27NO12/c1-10(5-6-27)21-19(32)20(33)25(38-21)37-14-4-3-12(8-13(14)28)7-11(2)24(34)26-15-16(29)18(31)23-22(17(15)30)35-9-36-23/h3-5,7-8,19-21,25,27-33H,6,9H2,1-2H3,(H,26,34)/b10-5+,11-7+/t19-,20-,21+,25+/m0/s1. The molecule has 4 atom stereocenters. The molecule has 1 saturated heterocycles. The highest BCUT2D eigenvalue weighted by Crippen LogP contribution is 2.56. The molecule has 13 nitrogen and oxygen atoms in total. The summed E-state index contributed by atoms with van der Waals surface area (Å²) in [4.78, 5) is 12.7. The van der Waals surface area contributed by atoms with Crippen molar-refractivity contribution in [2.45, 2.75) is 38.4 Å². The summed E-state index contributed by atoms with van der Waals surface area (Å²) >= 11 is 0. The first-order valence-electron chi connectivity index (χ1n) is 11.4. The van der Waals surface area contributed by atoms with Crippen molar-refractivity contribution in [2.24, 2.45) is 0 Å². The molecule has 13 heteroatoms. The van der Waals surface area contributed by atoms with Crippen LogP contribution in [-0.2, 0) is 9.53 Å². The number of hydrogen-bond donors (Lipinski definition) is 8. The number of carbonyl (C=O) groups is 1. The van der Waals surface area contributed by atoms with Crippen molar-refractivity contribution in [1.29, 1.82) is 0 Å². The molecule has 2 aromatic carbocycles. The van der Waals surface area contributed by atoms with Crippen LogP contribution in [0.4, 0.5) is 5.69 Å². The van der Waals surface area contributed by atoms with Crippen molar-refractivity contribution in [3.63, 3.8) is 0 Å². The van der Waals surface area contributed by atoms with E-state index < -0.39 is 53.4 Å². The second kappa shape index (κ2) is 10.7. The van der Waals surface area contributed by atoms with Crippen molar-refractivity contribution >= 4 is 17.7 Å². The lowest BCUT2D eigenvalue weighted by Crippen LogP contribution is -2.35. The lowest BCUT2D eigenvalue weighted by molar-refractivity contribution is -0.112. The minimum Gasteiger partial charge on any atom is -0.504 e. The third kappa shape index (κ3) is 4.99. The van der Waals surface area contributed by atoms with E-state index in [1.54, 1.807) is 6.92 Å². The number of aliphatic hydroxyl groups excluding tert-OH is 3. The molecule has 1 fully saturated rings. The molecule has 8 N–H and O–H groups in total. The molecule has 0 radical (unpaired) electrons. The number of rotatable bonds is 7. The van der Waals surface area contributed by atoms with Crippen LogP contribution in [0.5, 0.6) is 40.2 Å². The van der Waals surface area contributed by atoms with Crippen LogP contribution in [0.3, 0.4) is 0 Å². The molecular weight excluding hydrogens is 506 g/mol. The minimum absolute atomic E-state index is 0.0596. The summed E-state index contributed by atoms with van der Waals surface area (Å²) in [5.41, 5.74) is 0.495. The Labute approximate surface area is 216 Å². The van der Waals surface area contributed by atoms with Crippen LogP contribution in [0.2, 0.25) is 0 Å². The highest BCUT2D eigenvalue weighted by atomic mass is 16.7. The topological polar surface area (TPSA) is 208 Å². The molecule has 0 saturated carbocycles. The number of phenolic OH excluding ortho intramolecular Hbond substituents is 4. The van der Waals surface area contributed by atoms with Gasteiger partial charge in [-0.15, -0.1) is 0 Å². The lowest BCUT2D eigenvalue weighted by atomic mass is 10.0. The van der Waals surface area contributed by atoms with Crippen molar-refractivity contribution < 1.29 is 59.5 Å². The van der Waals surface area contributed by atoms with Crippen LogP contribution < -0.4 is 19.5 Å². The Hall–Kier alpha value is -4.17. The predicted octanol–water partition coefficient (Wildman–Crippen LogP) is 1.04. The van der Waals surface area contributed by atoms with Gasteiger partial charge in [0.1, 0.15) is 24.0 Å². The van der Waals surface area contributed by atoms with Gasteiger partial charge in [-0.1, -0.05) is 12.1 Å². The molecule has 204 valence electrons. The number of benzene rings is 2. The number of amides is 1. The normalized spacial score (nSPS) is 23.0. The second-order valence-corrected chi connectivity index (χ2v) is 8.65. The summed E-state index contributed by atoms with van der Waals surface area (Å²) in [5.74, 6) is -3.77. The third-order valence-electron chi connectivity index (χ3n) is 6.03. The summed E-state index contributed by atoms with van der Waals surface area (Å²) < 4.78 is 21.1. The maximum atomic E-state index is 12.7. The maximum absolute atomic E-state index is 12.7.